The van der Waals surface area contributed by atoms with Crippen molar-refractivity contribution in [2.75, 3.05) is 0 Å². The van der Waals surface area contributed by atoms with Gasteiger partial charge in [0, 0.05) is 6.07 Å². The molecule has 0 aromatic heterocycles. The highest BCUT2D eigenvalue weighted by atomic mass is 19.1. The number of non-ortho nitro benzene ring substituents is 1. The summed E-state index contributed by atoms with van der Waals surface area (Å²) >= 11 is 0. The molecular formula is C10H6FNO2. The summed E-state index contributed by atoms with van der Waals surface area (Å²) in [5.74, 6) is -0.560. The molecule has 0 saturated carbocycles. The monoisotopic (exact) mass is 191 g/mol. The molecule has 0 unspecified atom stereocenters. The Balaban J connectivity index is 2.91. The minimum atomic E-state index is -0.578. The Bertz CT molecular complexity index is 505. The Morgan fingerprint density at radius 3 is 2.43 bits per heavy atom. The fourth-order valence-electron chi connectivity index (χ4n) is 1.43. The summed E-state index contributed by atoms with van der Waals surface area (Å²) in [7, 11) is 0. The van der Waals surface area contributed by atoms with Crippen molar-refractivity contribution < 1.29 is 9.31 Å². The topological polar surface area (TPSA) is 43.1 Å². The molecule has 70 valence electrons. The molecule has 0 amide bonds. The van der Waals surface area contributed by atoms with Crippen LogP contribution < -0.4 is 0 Å². The molecule has 2 aromatic carbocycles. The van der Waals surface area contributed by atoms with Gasteiger partial charge in [-0.3, -0.25) is 10.1 Å². The molecule has 0 radical (unpaired) electrons. The summed E-state index contributed by atoms with van der Waals surface area (Å²) in [6.45, 7) is 0. The van der Waals surface area contributed by atoms with E-state index in [-0.39, 0.29) is 11.1 Å². The molecule has 4 heteroatoms. The first kappa shape index (κ1) is 8.62. The Morgan fingerprint density at radius 2 is 1.79 bits per heavy atom. The first-order valence-electron chi connectivity index (χ1n) is 4.02. The summed E-state index contributed by atoms with van der Waals surface area (Å²) < 4.78 is 13.3. The van der Waals surface area contributed by atoms with E-state index < -0.39 is 10.7 Å². The SMILES string of the molecule is O=[N+]([O-])c1cccc2cccc(F)c12. The number of nitrogens with zero attached hydrogens (tertiary/aromatic N) is 1. The lowest BCUT2D eigenvalue weighted by atomic mass is 10.1. The van der Waals surface area contributed by atoms with Gasteiger partial charge in [0.05, 0.1) is 10.3 Å². The molecule has 0 atom stereocenters. The predicted octanol–water partition coefficient (Wildman–Crippen LogP) is 2.89. The van der Waals surface area contributed by atoms with Gasteiger partial charge in [-0.2, -0.15) is 0 Å². The third-order valence-electron chi connectivity index (χ3n) is 2.03. The molecule has 0 N–H and O–H groups in total. The maximum absolute atomic E-state index is 13.3. The van der Waals surface area contributed by atoms with Crippen molar-refractivity contribution in [3.63, 3.8) is 0 Å². The van der Waals surface area contributed by atoms with Crippen LogP contribution in [0.2, 0.25) is 0 Å². The number of nitro groups is 1. The van der Waals surface area contributed by atoms with Gasteiger partial charge in [-0.25, -0.2) is 4.39 Å². The largest absolute Gasteiger partial charge is 0.280 e. The number of hydrogen-bond acceptors (Lipinski definition) is 2. The summed E-state index contributed by atoms with van der Waals surface area (Å²) in [6.07, 6.45) is 0. The average Bonchev–Trinajstić information content (AvgIpc) is 2.17. The fourth-order valence-corrected chi connectivity index (χ4v) is 1.43. The number of halogens is 1. The van der Waals surface area contributed by atoms with Crippen molar-refractivity contribution in [1.82, 2.24) is 0 Å². The van der Waals surface area contributed by atoms with E-state index in [0.29, 0.717) is 5.39 Å². The number of benzene rings is 2. The number of rotatable bonds is 1. The zero-order valence-corrected chi connectivity index (χ0v) is 7.11. The van der Waals surface area contributed by atoms with Crippen molar-refractivity contribution in [1.29, 1.82) is 0 Å². The maximum atomic E-state index is 13.3. The minimum absolute atomic E-state index is 0.0694. The molecule has 0 aliphatic carbocycles. The Hall–Kier alpha value is -1.97. The number of nitro benzene ring substituents is 1. The van der Waals surface area contributed by atoms with Gasteiger partial charge in [0.15, 0.2) is 0 Å². The standard InChI is InChI=1S/C10H6FNO2/c11-8-5-1-3-7-4-2-6-9(10(7)8)12(13)14/h1-6H. The van der Waals surface area contributed by atoms with E-state index in [1.807, 2.05) is 0 Å². The van der Waals surface area contributed by atoms with Crippen molar-refractivity contribution in [3.05, 3.63) is 52.3 Å². The van der Waals surface area contributed by atoms with Gasteiger partial charge in [-0.05, 0) is 11.5 Å². The highest BCUT2D eigenvalue weighted by Crippen LogP contribution is 2.27. The third-order valence-corrected chi connectivity index (χ3v) is 2.03. The van der Waals surface area contributed by atoms with Gasteiger partial charge in [0.25, 0.3) is 5.69 Å². The lowest BCUT2D eigenvalue weighted by Crippen LogP contribution is -1.91. The normalized spacial score (nSPS) is 10.4. The van der Waals surface area contributed by atoms with Crippen LogP contribution in [0.3, 0.4) is 0 Å². The first-order chi connectivity index (χ1) is 6.70. The average molecular weight is 191 g/mol. The van der Waals surface area contributed by atoms with Crippen LogP contribution in [0.15, 0.2) is 36.4 Å². The van der Waals surface area contributed by atoms with Gasteiger partial charge in [0.1, 0.15) is 5.82 Å². The van der Waals surface area contributed by atoms with E-state index in [9.17, 15) is 14.5 Å². The Labute approximate surface area is 78.9 Å². The van der Waals surface area contributed by atoms with Crippen LogP contribution >= 0.6 is 0 Å². The highest BCUT2D eigenvalue weighted by Gasteiger charge is 2.14. The lowest BCUT2D eigenvalue weighted by molar-refractivity contribution is -0.383. The quantitative estimate of drug-likeness (QED) is 0.513. The van der Waals surface area contributed by atoms with E-state index in [1.165, 1.54) is 18.2 Å². The maximum Gasteiger partial charge on any atom is 0.280 e. The van der Waals surface area contributed by atoms with Crippen LogP contribution in [0, 0.1) is 15.9 Å². The molecule has 3 nitrogen and oxygen atoms in total. The summed E-state index contributed by atoms with van der Waals surface area (Å²) in [6, 6.07) is 8.87. The molecule has 2 rings (SSSR count). The van der Waals surface area contributed by atoms with Crippen LogP contribution in [0.1, 0.15) is 0 Å². The summed E-state index contributed by atoms with van der Waals surface area (Å²) in [5, 5.41) is 11.2. The predicted molar refractivity (Wildman–Crippen MR) is 50.6 cm³/mol. The van der Waals surface area contributed by atoms with Gasteiger partial charge < -0.3 is 0 Å². The van der Waals surface area contributed by atoms with Crippen LogP contribution in [-0.2, 0) is 0 Å². The number of hydrogen-bond donors (Lipinski definition) is 0. The van der Waals surface area contributed by atoms with E-state index in [4.69, 9.17) is 0 Å². The first-order valence-corrected chi connectivity index (χ1v) is 4.02. The number of fused-ring (bicyclic) bond motifs is 1. The third kappa shape index (κ3) is 1.21. The van der Waals surface area contributed by atoms with Gasteiger partial charge in [0.2, 0.25) is 0 Å². The van der Waals surface area contributed by atoms with E-state index >= 15 is 0 Å². The summed E-state index contributed by atoms with van der Waals surface area (Å²) in [5.41, 5.74) is -0.194. The van der Waals surface area contributed by atoms with E-state index in [2.05, 4.69) is 0 Å². The smallest absolute Gasteiger partial charge is 0.258 e. The second-order valence-corrected chi connectivity index (χ2v) is 2.87. The Morgan fingerprint density at radius 1 is 1.14 bits per heavy atom. The Kier molecular flexibility index (Phi) is 1.89. The van der Waals surface area contributed by atoms with Crippen LogP contribution in [-0.4, -0.2) is 4.92 Å². The second kappa shape index (κ2) is 3.06. The molecule has 0 spiro atoms. The van der Waals surface area contributed by atoms with Crippen molar-refractivity contribution in [2.24, 2.45) is 0 Å². The lowest BCUT2D eigenvalue weighted by Gasteiger charge is -1.99. The van der Waals surface area contributed by atoms with Crippen molar-refractivity contribution in [2.45, 2.75) is 0 Å². The molecule has 0 aliphatic heterocycles. The van der Waals surface area contributed by atoms with Gasteiger partial charge >= 0.3 is 0 Å². The molecule has 2 aromatic rings. The fraction of sp³-hybridized carbons (Fsp3) is 0. The minimum Gasteiger partial charge on any atom is -0.258 e. The molecule has 0 fully saturated rings. The van der Waals surface area contributed by atoms with Crippen molar-refractivity contribution in [3.8, 4) is 0 Å². The van der Waals surface area contributed by atoms with Crippen LogP contribution in [0.5, 0.6) is 0 Å². The zero-order chi connectivity index (χ0) is 10.1. The van der Waals surface area contributed by atoms with Gasteiger partial charge in [-0.1, -0.05) is 24.3 Å². The molecule has 0 aliphatic rings. The zero-order valence-electron chi connectivity index (χ0n) is 7.11. The molecule has 0 bridgehead atoms. The molecule has 14 heavy (non-hydrogen) atoms. The van der Waals surface area contributed by atoms with Crippen LogP contribution in [0.4, 0.5) is 10.1 Å². The van der Waals surface area contributed by atoms with Crippen molar-refractivity contribution >= 4 is 16.5 Å². The molecule has 0 heterocycles. The van der Waals surface area contributed by atoms with Crippen LogP contribution in [0.25, 0.3) is 10.8 Å². The second-order valence-electron chi connectivity index (χ2n) is 2.87. The van der Waals surface area contributed by atoms with E-state index in [0.717, 1.165) is 0 Å². The summed E-state index contributed by atoms with van der Waals surface area (Å²) in [4.78, 5) is 10.0. The van der Waals surface area contributed by atoms with E-state index in [1.54, 1.807) is 18.2 Å². The highest BCUT2D eigenvalue weighted by molar-refractivity contribution is 5.91. The molecular weight excluding hydrogens is 185 g/mol. The molecule has 0 saturated heterocycles. The van der Waals surface area contributed by atoms with Gasteiger partial charge in [-0.15, -0.1) is 0 Å².